The Kier molecular flexibility index (Phi) is 4.24. The molecule has 7 heteroatoms. The second-order valence-corrected chi connectivity index (χ2v) is 4.64. The first kappa shape index (κ1) is 14.8. The van der Waals surface area contributed by atoms with E-state index in [0.717, 1.165) is 0 Å². The number of carbonyl (C=O) groups is 2. The van der Waals surface area contributed by atoms with Crippen LogP contribution in [0.25, 0.3) is 0 Å². The van der Waals surface area contributed by atoms with Crippen LogP contribution >= 0.6 is 0 Å². The number of nitrogens with zero attached hydrogens (tertiary/aromatic N) is 1. The molecule has 0 aromatic rings. The van der Waals surface area contributed by atoms with Crippen LogP contribution in [0.15, 0.2) is 0 Å². The standard InChI is InChI=1S/C11H16F3NO3/c1-2-15(7-11(12,13)14)8(16)6-10(9(17)18)4-3-5-10/h2-7H2,1H3,(H,17,18). The summed E-state index contributed by atoms with van der Waals surface area (Å²) in [5, 5.41) is 9.03. The number of hydrogen-bond donors (Lipinski definition) is 1. The normalized spacial score (nSPS) is 18.0. The molecule has 18 heavy (non-hydrogen) atoms. The maximum absolute atomic E-state index is 12.2. The van der Waals surface area contributed by atoms with Crippen molar-refractivity contribution in [3.8, 4) is 0 Å². The molecule has 0 atom stereocenters. The summed E-state index contributed by atoms with van der Waals surface area (Å²) in [6.07, 6.45) is -3.38. The molecule has 0 aromatic carbocycles. The van der Waals surface area contributed by atoms with Gasteiger partial charge in [-0.1, -0.05) is 6.42 Å². The van der Waals surface area contributed by atoms with Gasteiger partial charge < -0.3 is 10.0 Å². The number of halogens is 3. The quantitative estimate of drug-likeness (QED) is 0.829. The summed E-state index contributed by atoms with van der Waals surface area (Å²) >= 11 is 0. The minimum absolute atomic E-state index is 0.0754. The van der Waals surface area contributed by atoms with Gasteiger partial charge in [0.1, 0.15) is 6.54 Å². The highest BCUT2D eigenvalue weighted by Crippen LogP contribution is 2.44. The van der Waals surface area contributed by atoms with Crippen molar-refractivity contribution < 1.29 is 27.9 Å². The van der Waals surface area contributed by atoms with Crippen molar-refractivity contribution >= 4 is 11.9 Å². The van der Waals surface area contributed by atoms with E-state index in [-0.39, 0.29) is 13.0 Å². The van der Waals surface area contributed by atoms with Crippen LogP contribution in [0.2, 0.25) is 0 Å². The fraction of sp³-hybridized carbons (Fsp3) is 0.818. The van der Waals surface area contributed by atoms with E-state index in [1.165, 1.54) is 6.92 Å². The second kappa shape index (κ2) is 5.16. The fourth-order valence-electron chi connectivity index (χ4n) is 2.06. The van der Waals surface area contributed by atoms with Gasteiger partial charge >= 0.3 is 12.1 Å². The summed E-state index contributed by atoms with van der Waals surface area (Å²) in [5.74, 6) is -1.83. The molecule has 1 N–H and O–H groups in total. The van der Waals surface area contributed by atoms with Gasteiger partial charge in [-0.05, 0) is 19.8 Å². The largest absolute Gasteiger partial charge is 0.481 e. The van der Waals surface area contributed by atoms with E-state index in [9.17, 15) is 22.8 Å². The lowest BCUT2D eigenvalue weighted by molar-refractivity contribution is -0.168. The van der Waals surface area contributed by atoms with E-state index in [0.29, 0.717) is 24.2 Å². The summed E-state index contributed by atoms with van der Waals surface area (Å²) < 4.78 is 36.7. The van der Waals surface area contributed by atoms with Gasteiger partial charge in [0.15, 0.2) is 0 Å². The lowest BCUT2D eigenvalue weighted by Gasteiger charge is -2.38. The molecule has 1 rings (SSSR count). The first-order valence-corrected chi connectivity index (χ1v) is 5.78. The number of rotatable bonds is 5. The zero-order valence-electron chi connectivity index (χ0n) is 10.1. The Morgan fingerprint density at radius 2 is 1.89 bits per heavy atom. The van der Waals surface area contributed by atoms with Crippen LogP contribution < -0.4 is 0 Å². The predicted molar refractivity (Wildman–Crippen MR) is 56.8 cm³/mol. The van der Waals surface area contributed by atoms with Crippen LogP contribution in [0, 0.1) is 5.41 Å². The van der Waals surface area contributed by atoms with Crippen molar-refractivity contribution in [2.24, 2.45) is 5.41 Å². The zero-order valence-corrected chi connectivity index (χ0v) is 10.1. The lowest BCUT2D eigenvalue weighted by Crippen LogP contribution is -2.46. The first-order valence-electron chi connectivity index (χ1n) is 5.78. The smallest absolute Gasteiger partial charge is 0.406 e. The summed E-state index contributed by atoms with van der Waals surface area (Å²) in [4.78, 5) is 23.4. The van der Waals surface area contributed by atoms with Gasteiger partial charge in [0, 0.05) is 13.0 Å². The lowest BCUT2D eigenvalue weighted by atomic mass is 9.66. The maximum atomic E-state index is 12.2. The third-order valence-corrected chi connectivity index (χ3v) is 3.36. The molecule has 0 aliphatic heterocycles. The van der Waals surface area contributed by atoms with E-state index in [1.807, 2.05) is 0 Å². The van der Waals surface area contributed by atoms with Crippen LogP contribution in [0.5, 0.6) is 0 Å². The Morgan fingerprint density at radius 1 is 1.33 bits per heavy atom. The molecule has 1 amide bonds. The second-order valence-electron chi connectivity index (χ2n) is 4.64. The number of aliphatic carboxylic acids is 1. The van der Waals surface area contributed by atoms with Crippen LogP contribution in [0.4, 0.5) is 13.2 Å². The van der Waals surface area contributed by atoms with Crippen molar-refractivity contribution in [2.45, 2.75) is 38.8 Å². The SMILES string of the molecule is CCN(CC(F)(F)F)C(=O)CC1(C(=O)O)CCC1. The molecule has 1 aliphatic rings. The number of carbonyl (C=O) groups excluding carboxylic acids is 1. The summed E-state index contributed by atoms with van der Waals surface area (Å²) in [5.41, 5.74) is -1.14. The van der Waals surface area contributed by atoms with Gasteiger partial charge in [-0.25, -0.2) is 0 Å². The Balaban J connectivity index is 2.65. The molecule has 0 heterocycles. The minimum atomic E-state index is -4.46. The monoisotopic (exact) mass is 267 g/mol. The molecule has 0 radical (unpaired) electrons. The van der Waals surface area contributed by atoms with E-state index in [4.69, 9.17) is 5.11 Å². The molecule has 0 saturated heterocycles. The Bertz CT molecular complexity index is 337. The van der Waals surface area contributed by atoms with Crippen LogP contribution in [0.1, 0.15) is 32.6 Å². The molecule has 0 spiro atoms. The fourth-order valence-corrected chi connectivity index (χ4v) is 2.06. The molecule has 104 valence electrons. The molecule has 0 bridgehead atoms. The van der Waals surface area contributed by atoms with E-state index in [2.05, 4.69) is 0 Å². The molecule has 0 unspecified atom stereocenters. The van der Waals surface area contributed by atoms with Gasteiger partial charge in [-0.2, -0.15) is 13.2 Å². The van der Waals surface area contributed by atoms with Crippen LogP contribution in [0.3, 0.4) is 0 Å². The van der Waals surface area contributed by atoms with E-state index >= 15 is 0 Å². The highest BCUT2D eigenvalue weighted by molar-refractivity contribution is 5.85. The molecule has 1 saturated carbocycles. The number of amides is 1. The Hall–Kier alpha value is -1.27. The number of carboxylic acid groups (broad SMARTS) is 1. The van der Waals surface area contributed by atoms with Crippen molar-refractivity contribution in [1.82, 2.24) is 4.90 Å². The third kappa shape index (κ3) is 3.36. The van der Waals surface area contributed by atoms with Crippen LogP contribution in [-0.4, -0.2) is 41.1 Å². The Morgan fingerprint density at radius 3 is 2.17 bits per heavy atom. The number of carboxylic acids is 1. The topological polar surface area (TPSA) is 57.6 Å². The molecule has 1 fully saturated rings. The van der Waals surface area contributed by atoms with Crippen molar-refractivity contribution in [3.63, 3.8) is 0 Å². The molecule has 0 aromatic heterocycles. The number of alkyl halides is 3. The van der Waals surface area contributed by atoms with Crippen molar-refractivity contribution in [2.75, 3.05) is 13.1 Å². The molecular weight excluding hydrogens is 251 g/mol. The highest BCUT2D eigenvalue weighted by Gasteiger charge is 2.47. The minimum Gasteiger partial charge on any atom is -0.481 e. The van der Waals surface area contributed by atoms with Crippen LogP contribution in [-0.2, 0) is 9.59 Å². The van der Waals surface area contributed by atoms with Gasteiger partial charge in [0.2, 0.25) is 5.91 Å². The van der Waals surface area contributed by atoms with Gasteiger partial charge in [0.25, 0.3) is 0 Å². The van der Waals surface area contributed by atoms with Crippen molar-refractivity contribution in [3.05, 3.63) is 0 Å². The Labute approximate surface area is 103 Å². The average molecular weight is 267 g/mol. The summed E-state index contributed by atoms with van der Waals surface area (Å²) in [7, 11) is 0. The predicted octanol–water partition coefficient (Wildman–Crippen LogP) is 2.04. The average Bonchev–Trinajstić information content (AvgIpc) is 2.17. The zero-order chi connectivity index (χ0) is 14.0. The summed E-state index contributed by atoms with van der Waals surface area (Å²) in [6.45, 7) is 0.0456. The van der Waals surface area contributed by atoms with Gasteiger partial charge in [-0.15, -0.1) is 0 Å². The third-order valence-electron chi connectivity index (χ3n) is 3.36. The molecule has 4 nitrogen and oxygen atoms in total. The maximum Gasteiger partial charge on any atom is 0.406 e. The van der Waals surface area contributed by atoms with Crippen molar-refractivity contribution in [1.29, 1.82) is 0 Å². The summed E-state index contributed by atoms with van der Waals surface area (Å²) in [6, 6.07) is 0. The van der Waals surface area contributed by atoms with E-state index in [1.54, 1.807) is 0 Å². The van der Waals surface area contributed by atoms with Gasteiger partial charge in [-0.3, -0.25) is 9.59 Å². The van der Waals surface area contributed by atoms with E-state index < -0.39 is 30.0 Å². The van der Waals surface area contributed by atoms with Gasteiger partial charge in [0.05, 0.1) is 5.41 Å². The number of hydrogen-bond acceptors (Lipinski definition) is 2. The highest BCUT2D eigenvalue weighted by atomic mass is 19.4. The molecule has 1 aliphatic carbocycles. The first-order chi connectivity index (χ1) is 8.20. The molecular formula is C11H16F3NO3.